The van der Waals surface area contributed by atoms with Gasteiger partial charge in [-0.2, -0.15) is 0 Å². The van der Waals surface area contributed by atoms with E-state index in [0.717, 1.165) is 49.9 Å². The van der Waals surface area contributed by atoms with E-state index in [9.17, 15) is 0 Å². The van der Waals surface area contributed by atoms with Crippen molar-refractivity contribution in [1.29, 1.82) is 0 Å². The molecule has 2 fully saturated rings. The molecule has 160 valence electrons. The first kappa shape index (κ1) is 22.4. The van der Waals surface area contributed by atoms with E-state index in [4.69, 9.17) is 9.15 Å². The number of nitrogens with one attached hydrogen (secondary N) is 2. The minimum absolute atomic E-state index is 0. The van der Waals surface area contributed by atoms with Crippen LogP contribution in [0.25, 0.3) is 11.0 Å². The number of halogens is 1. The van der Waals surface area contributed by atoms with Crippen LogP contribution < -0.4 is 10.6 Å². The Labute approximate surface area is 190 Å². The van der Waals surface area contributed by atoms with Crippen LogP contribution in [-0.2, 0) is 11.3 Å². The number of fused-ring (bicyclic) bond motifs is 1. The van der Waals surface area contributed by atoms with Gasteiger partial charge in [-0.05, 0) is 51.8 Å². The molecule has 2 N–H and O–H groups in total. The van der Waals surface area contributed by atoms with E-state index in [-0.39, 0.29) is 29.5 Å². The largest absolute Gasteiger partial charge is 0.459 e. The number of furan rings is 1. The van der Waals surface area contributed by atoms with Crippen molar-refractivity contribution in [2.75, 3.05) is 39.9 Å². The molecule has 0 saturated carbocycles. The minimum Gasteiger partial charge on any atom is -0.459 e. The van der Waals surface area contributed by atoms with Crippen molar-refractivity contribution >= 4 is 40.9 Å². The highest BCUT2D eigenvalue weighted by Crippen LogP contribution is 2.30. The predicted octanol–water partition coefficient (Wildman–Crippen LogP) is 3.67. The Kier molecular flexibility index (Phi) is 7.81. The molecule has 0 atom stereocenters. The topological polar surface area (TPSA) is 62.0 Å². The Morgan fingerprint density at radius 2 is 1.86 bits per heavy atom. The van der Waals surface area contributed by atoms with Crippen molar-refractivity contribution in [3.63, 3.8) is 0 Å². The van der Waals surface area contributed by atoms with Gasteiger partial charge in [0.25, 0.3) is 0 Å². The van der Waals surface area contributed by atoms with Gasteiger partial charge in [-0.15, -0.1) is 24.0 Å². The highest BCUT2D eigenvalue weighted by atomic mass is 127. The normalized spacial score (nSPS) is 19.9. The Morgan fingerprint density at radius 3 is 2.55 bits per heavy atom. The fourth-order valence-corrected chi connectivity index (χ4v) is 4.57. The van der Waals surface area contributed by atoms with E-state index in [0.29, 0.717) is 6.54 Å². The molecule has 2 aliphatic rings. The smallest absolute Gasteiger partial charge is 0.191 e. The zero-order chi connectivity index (χ0) is 19.4. The van der Waals surface area contributed by atoms with Crippen LogP contribution in [0, 0.1) is 6.92 Å². The quantitative estimate of drug-likeness (QED) is 0.364. The summed E-state index contributed by atoms with van der Waals surface area (Å²) in [6, 6.07) is 8.18. The van der Waals surface area contributed by atoms with Crippen molar-refractivity contribution in [2.45, 2.75) is 44.7 Å². The maximum absolute atomic E-state index is 6.02. The molecular weight excluding hydrogens is 479 g/mol. The summed E-state index contributed by atoms with van der Waals surface area (Å²) in [5.74, 6) is 1.79. The molecule has 0 unspecified atom stereocenters. The maximum Gasteiger partial charge on any atom is 0.191 e. The number of ether oxygens (including phenoxy) is 1. The van der Waals surface area contributed by atoms with Gasteiger partial charge in [0.1, 0.15) is 11.3 Å². The number of likely N-dealkylation sites (tertiary alicyclic amines) is 1. The first-order valence-corrected chi connectivity index (χ1v) is 10.5. The number of para-hydroxylation sites is 1. The van der Waals surface area contributed by atoms with Crippen LogP contribution in [-0.4, -0.2) is 56.3 Å². The second-order valence-corrected chi connectivity index (χ2v) is 7.96. The SMILES string of the molecule is CN=C(NCc1oc2ccccc2c1C)NCC1(N2CCCC2)CCOCC1.I. The second-order valence-electron chi connectivity index (χ2n) is 7.96. The monoisotopic (exact) mass is 512 g/mol. The van der Waals surface area contributed by atoms with E-state index in [1.807, 2.05) is 25.2 Å². The lowest BCUT2D eigenvalue weighted by Crippen LogP contribution is -2.58. The van der Waals surface area contributed by atoms with Crippen LogP contribution in [0.4, 0.5) is 0 Å². The third-order valence-corrected chi connectivity index (χ3v) is 6.37. The van der Waals surface area contributed by atoms with Crippen LogP contribution in [0.2, 0.25) is 0 Å². The summed E-state index contributed by atoms with van der Waals surface area (Å²) in [5, 5.41) is 8.19. The lowest BCUT2D eigenvalue weighted by molar-refractivity contribution is -0.0164. The Balaban J connectivity index is 0.00000240. The van der Waals surface area contributed by atoms with Crippen LogP contribution in [0.1, 0.15) is 37.0 Å². The van der Waals surface area contributed by atoms with Gasteiger partial charge in [-0.1, -0.05) is 18.2 Å². The van der Waals surface area contributed by atoms with E-state index in [1.54, 1.807) is 0 Å². The van der Waals surface area contributed by atoms with Gasteiger partial charge in [-0.25, -0.2) is 0 Å². The highest BCUT2D eigenvalue weighted by molar-refractivity contribution is 14.0. The van der Waals surface area contributed by atoms with E-state index in [1.165, 1.54) is 36.9 Å². The molecule has 7 heteroatoms. The predicted molar refractivity (Wildman–Crippen MR) is 128 cm³/mol. The number of hydrogen-bond acceptors (Lipinski definition) is 4. The number of guanidine groups is 1. The van der Waals surface area contributed by atoms with Crippen molar-refractivity contribution in [3.8, 4) is 0 Å². The summed E-state index contributed by atoms with van der Waals surface area (Å²) >= 11 is 0. The molecule has 0 aliphatic carbocycles. The molecule has 1 aromatic carbocycles. The number of rotatable bonds is 5. The molecular formula is C22H33IN4O2. The lowest BCUT2D eigenvalue weighted by atomic mass is 9.88. The molecule has 2 saturated heterocycles. The first-order chi connectivity index (χ1) is 13.7. The van der Waals surface area contributed by atoms with Crippen LogP contribution >= 0.6 is 24.0 Å². The molecule has 2 aromatic rings. The van der Waals surface area contributed by atoms with Crippen LogP contribution in [0.15, 0.2) is 33.7 Å². The first-order valence-electron chi connectivity index (χ1n) is 10.5. The fraction of sp³-hybridized carbons (Fsp3) is 0.591. The van der Waals surface area contributed by atoms with Crippen molar-refractivity contribution in [2.24, 2.45) is 4.99 Å². The van der Waals surface area contributed by atoms with Gasteiger partial charge in [0.15, 0.2) is 5.96 Å². The molecule has 4 rings (SSSR count). The van der Waals surface area contributed by atoms with Crippen molar-refractivity contribution in [3.05, 3.63) is 35.6 Å². The van der Waals surface area contributed by atoms with E-state index in [2.05, 4.69) is 33.5 Å². The Hall–Kier alpha value is -1.32. The van der Waals surface area contributed by atoms with Crippen LogP contribution in [0.3, 0.4) is 0 Å². The maximum atomic E-state index is 6.02. The molecule has 3 heterocycles. The summed E-state index contributed by atoms with van der Waals surface area (Å²) in [4.78, 5) is 7.10. The summed E-state index contributed by atoms with van der Waals surface area (Å²) in [6.07, 6.45) is 4.78. The third kappa shape index (κ3) is 4.88. The fourth-order valence-electron chi connectivity index (χ4n) is 4.57. The lowest BCUT2D eigenvalue weighted by Gasteiger charge is -2.45. The summed E-state index contributed by atoms with van der Waals surface area (Å²) in [6.45, 7) is 7.74. The van der Waals surface area contributed by atoms with Gasteiger partial charge >= 0.3 is 0 Å². The van der Waals surface area contributed by atoms with Gasteiger partial charge < -0.3 is 19.8 Å². The van der Waals surface area contributed by atoms with Crippen molar-refractivity contribution in [1.82, 2.24) is 15.5 Å². The molecule has 6 nitrogen and oxygen atoms in total. The average Bonchev–Trinajstić information content (AvgIpc) is 3.38. The zero-order valence-corrected chi connectivity index (χ0v) is 19.8. The summed E-state index contributed by atoms with van der Waals surface area (Å²) in [5.41, 5.74) is 2.31. The van der Waals surface area contributed by atoms with E-state index >= 15 is 0 Å². The van der Waals surface area contributed by atoms with Gasteiger partial charge in [0.05, 0.1) is 6.54 Å². The Bertz CT molecular complexity index is 823. The molecule has 0 radical (unpaired) electrons. The number of aliphatic imine (C=N–C) groups is 1. The standard InChI is InChI=1S/C22H32N4O2.HI/c1-17-18-7-3-4-8-19(18)28-20(17)15-24-21(23-2)25-16-22(9-13-27-14-10-22)26-11-5-6-12-26;/h3-4,7-8H,5-6,9-16H2,1-2H3,(H2,23,24,25);1H. The average molecular weight is 512 g/mol. The second kappa shape index (κ2) is 10.1. The van der Waals surface area contributed by atoms with Gasteiger partial charge in [-0.3, -0.25) is 9.89 Å². The summed E-state index contributed by atoms with van der Waals surface area (Å²) in [7, 11) is 1.83. The zero-order valence-electron chi connectivity index (χ0n) is 17.5. The molecule has 0 spiro atoms. The molecule has 1 aromatic heterocycles. The molecule has 0 bridgehead atoms. The number of benzene rings is 1. The molecule has 0 amide bonds. The molecule has 29 heavy (non-hydrogen) atoms. The van der Waals surface area contributed by atoms with Gasteiger partial charge in [0.2, 0.25) is 0 Å². The number of hydrogen-bond donors (Lipinski definition) is 2. The molecule has 2 aliphatic heterocycles. The Morgan fingerprint density at radius 1 is 1.14 bits per heavy atom. The minimum atomic E-state index is 0. The van der Waals surface area contributed by atoms with Crippen molar-refractivity contribution < 1.29 is 9.15 Å². The van der Waals surface area contributed by atoms with Crippen LogP contribution in [0.5, 0.6) is 0 Å². The number of aryl methyl sites for hydroxylation is 1. The van der Waals surface area contributed by atoms with Gasteiger partial charge in [0, 0.05) is 43.3 Å². The highest BCUT2D eigenvalue weighted by Gasteiger charge is 2.39. The third-order valence-electron chi connectivity index (χ3n) is 6.37. The number of nitrogens with zero attached hydrogens (tertiary/aromatic N) is 2. The summed E-state index contributed by atoms with van der Waals surface area (Å²) < 4.78 is 11.7. The van der Waals surface area contributed by atoms with E-state index < -0.39 is 0 Å².